The minimum absolute atomic E-state index is 0.154. The van der Waals surface area contributed by atoms with Crippen LogP contribution in [-0.4, -0.2) is 21.0 Å². The molecule has 0 aromatic carbocycles. The first-order valence-electron chi connectivity index (χ1n) is 8.09. The van der Waals surface area contributed by atoms with E-state index in [2.05, 4.69) is 20.4 Å². The molecule has 1 amide bonds. The first kappa shape index (κ1) is 14.8. The summed E-state index contributed by atoms with van der Waals surface area (Å²) in [6, 6.07) is 7.64. The minimum Gasteiger partial charge on any atom is -0.346 e. The Morgan fingerprint density at radius 1 is 1.29 bits per heavy atom. The lowest BCUT2D eigenvalue weighted by molar-refractivity contribution is 0.0952. The maximum Gasteiger partial charge on any atom is 0.259 e. The molecular formula is C18H18N4O2. The fraction of sp³-hybridized carbons (Fsp3) is 0.333. The van der Waals surface area contributed by atoms with Gasteiger partial charge in [0, 0.05) is 17.3 Å². The van der Waals surface area contributed by atoms with Gasteiger partial charge < -0.3 is 9.84 Å². The highest BCUT2D eigenvalue weighted by atomic mass is 16.5. The van der Waals surface area contributed by atoms with Gasteiger partial charge in [0.05, 0.1) is 28.9 Å². The first-order chi connectivity index (χ1) is 11.6. The van der Waals surface area contributed by atoms with Crippen LogP contribution in [0.5, 0.6) is 0 Å². The Kier molecular flexibility index (Phi) is 3.52. The van der Waals surface area contributed by atoms with Crippen molar-refractivity contribution in [3.8, 4) is 0 Å². The third-order valence-electron chi connectivity index (χ3n) is 4.25. The van der Waals surface area contributed by atoms with Gasteiger partial charge in [-0.2, -0.15) is 0 Å². The monoisotopic (exact) mass is 322 g/mol. The van der Waals surface area contributed by atoms with E-state index in [-0.39, 0.29) is 5.91 Å². The summed E-state index contributed by atoms with van der Waals surface area (Å²) in [6.07, 6.45) is 2.22. The van der Waals surface area contributed by atoms with E-state index < -0.39 is 0 Å². The van der Waals surface area contributed by atoms with Crippen LogP contribution >= 0.6 is 0 Å². The second kappa shape index (κ2) is 5.70. The molecule has 0 spiro atoms. The lowest BCUT2D eigenvalue weighted by Crippen LogP contribution is -2.24. The summed E-state index contributed by atoms with van der Waals surface area (Å²) < 4.78 is 5.28. The third kappa shape index (κ3) is 2.75. The zero-order chi connectivity index (χ0) is 16.7. The van der Waals surface area contributed by atoms with Crippen molar-refractivity contribution in [1.82, 2.24) is 20.4 Å². The van der Waals surface area contributed by atoms with Crippen molar-refractivity contribution in [2.24, 2.45) is 0 Å². The summed E-state index contributed by atoms with van der Waals surface area (Å²) in [5.74, 6) is 0.281. The van der Waals surface area contributed by atoms with Crippen LogP contribution in [0.3, 0.4) is 0 Å². The van der Waals surface area contributed by atoms with Crippen LogP contribution in [0.2, 0.25) is 0 Å². The standard InChI is InChI=1S/C18H18N4O2/c1-10-4-3-5-13(20-10)9-19-17(23)14-8-15(12-6-7-12)21-18-16(14)11(2)22-24-18/h3-5,8,12H,6-7,9H2,1-2H3,(H,19,23). The maximum absolute atomic E-state index is 12.7. The zero-order valence-electron chi connectivity index (χ0n) is 13.7. The molecule has 122 valence electrons. The Morgan fingerprint density at radius 2 is 2.12 bits per heavy atom. The van der Waals surface area contributed by atoms with E-state index in [1.165, 1.54) is 0 Å². The number of amides is 1. The van der Waals surface area contributed by atoms with Crippen LogP contribution in [0.25, 0.3) is 11.1 Å². The van der Waals surface area contributed by atoms with E-state index in [9.17, 15) is 4.79 Å². The smallest absolute Gasteiger partial charge is 0.259 e. The maximum atomic E-state index is 12.7. The molecule has 24 heavy (non-hydrogen) atoms. The largest absolute Gasteiger partial charge is 0.346 e. The van der Waals surface area contributed by atoms with Gasteiger partial charge in [0.1, 0.15) is 0 Å². The van der Waals surface area contributed by atoms with Gasteiger partial charge in [0.2, 0.25) is 0 Å². The average Bonchev–Trinajstić information content (AvgIpc) is 3.36. The number of fused-ring (bicyclic) bond motifs is 1. The molecule has 3 aromatic heterocycles. The van der Waals surface area contributed by atoms with E-state index in [4.69, 9.17) is 4.52 Å². The molecule has 0 unspecified atom stereocenters. The number of nitrogens with zero attached hydrogens (tertiary/aromatic N) is 3. The van der Waals surface area contributed by atoms with Crippen molar-refractivity contribution in [2.75, 3.05) is 0 Å². The van der Waals surface area contributed by atoms with Crippen LogP contribution in [0.15, 0.2) is 28.8 Å². The molecule has 1 saturated carbocycles. The summed E-state index contributed by atoms with van der Waals surface area (Å²) in [4.78, 5) is 21.6. The van der Waals surface area contributed by atoms with Crippen molar-refractivity contribution < 1.29 is 9.32 Å². The molecule has 0 radical (unpaired) electrons. The van der Waals surface area contributed by atoms with E-state index >= 15 is 0 Å². The van der Waals surface area contributed by atoms with Crippen LogP contribution in [-0.2, 0) is 6.54 Å². The topological polar surface area (TPSA) is 80.9 Å². The second-order valence-corrected chi connectivity index (χ2v) is 6.27. The number of nitrogens with one attached hydrogen (secondary N) is 1. The summed E-state index contributed by atoms with van der Waals surface area (Å²) in [6.45, 7) is 4.14. The predicted molar refractivity (Wildman–Crippen MR) is 88.7 cm³/mol. The Balaban J connectivity index is 1.64. The molecule has 3 heterocycles. The lowest BCUT2D eigenvalue weighted by Gasteiger charge is -2.08. The highest BCUT2D eigenvalue weighted by Gasteiger charge is 2.28. The molecule has 1 aliphatic carbocycles. The summed E-state index contributed by atoms with van der Waals surface area (Å²) >= 11 is 0. The van der Waals surface area contributed by atoms with Crippen LogP contribution in [0, 0.1) is 13.8 Å². The van der Waals surface area contributed by atoms with Gasteiger partial charge in [-0.15, -0.1) is 0 Å². The van der Waals surface area contributed by atoms with Crippen LogP contribution < -0.4 is 5.32 Å². The second-order valence-electron chi connectivity index (χ2n) is 6.27. The van der Waals surface area contributed by atoms with E-state index in [1.807, 2.05) is 38.1 Å². The number of pyridine rings is 2. The molecule has 1 aliphatic rings. The molecule has 4 rings (SSSR count). The van der Waals surface area contributed by atoms with Crippen molar-refractivity contribution >= 4 is 17.0 Å². The van der Waals surface area contributed by atoms with Gasteiger partial charge in [-0.3, -0.25) is 9.78 Å². The molecule has 6 heteroatoms. The fourth-order valence-electron chi connectivity index (χ4n) is 2.85. The third-order valence-corrected chi connectivity index (χ3v) is 4.25. The van der Waals surface area contributed by atoms with Crippen molar-refractivity contribution in [3.63, 3.8) is 0 Å². The number of carbonyl (C=O) groups excluding carboxylic acids is 1. The number of aryl methyl sites for hydroxylation is 2. The Hall–Kier alpha value is -2.76. The van der Waals surface area contributed by atoms with Crippen molar-refractivity contribution in [3.05, 3.63) is 52.6 Å². The number of hydrogen-bond donors (Lipinski definition) is 1. The van der Waals surface area contributed by atoms with E-state index in [0.717, 1.165) is 29.9 Å². The van der Waals surface area contributed by atoms with Gasteiger partial charge in [0.15, 0.2) is 0 Å². The first-order valence-corrected chi connectivity index (χ1v) is 8.09. The molecule has 0 atom stereocenters. The normalized spacial score (nSPS) is 14.1. The summed E-state index contributed by atoms with van der Waals surface area (Å²) in [5, 5.41) is 7.59. The average molecular weight is 322 g/mol. The number of carbonyl (C=O) groups is 1. The molecule has 1 N–H and O–H groups in total. The SMILES string of the molecule is Cc1cccc(CNC(=O)c2cc(C3CC3)nc3onc(C)c23)n1. The molecule has 1 fully saturated rings. The van der Waals surface area contributed by atoms with Gasteiger partial charge in [-0.05, 0) is 44.9 Å². The fourth-order valence-corrected chi connectivity index (χ4v) is 2.85. The van der Waals surface area contributed by atoms with Gasteiger partial charge in [0.25, 0.3) is 11.6 Å². The highest BCUT2D eigenvalue weighted by molar-refractivity contribution is 6.06. The van der Waals surface area contributed by atoms with Crippen molar-refractivity contribution in [2.45, 2.75) is 39.2 Å². The number of rotatable bonds is 4. The predicted octanol–water partition coefficient (Wildman–Crippen LogP) is 3.04. The molecule has 6 nitrogen and oxygen atoms in total. The molecule has 3 aromatic rings. The van der Waals surface area contributed by atoms with E-state index in [0.29, 0.717) is 34.8 Å². The van der Waals surface area contributed by atoms with Crippen molar-refractivity contribution in [1.29, 1.82) is 0 Å². The highest BCUT2D eigenvalue weighted by Crippen LogP contribution is 2.40. The van der Waals surface area contributed by atoms with Crippen LogP contribution in [0.4, 0.5) is 0 Å². The lowest BCUT2D eigenvalue weighted by atomic mass is 10.1. The molecular weight excluding hydrogens is 304 g/mol. The summed E-state index contributed by atoms with van der Waals surface area (Å²) in [7, 11) is 0. The van der Waals surface area contributed by atoms with E-state index in [1.54, 1.807) is 0 Å². The molecule has 0 bridgehead atoms. The Labute approximate surface area is 139 Å². The Morgan fingerprint density at radius 3 is 2.88 bits per heavy atom. The Bertz CT molecular complexity index is 928. The van der Waals surface area contributed by atoms with Crippen LogP contribution in [0.1, 0.15) is 51.9 Å². The number of aromatic nitrogens is 3. The van der Waals surface area contributed by atoms with Gasteiger partial charge in [-0.25, -0.2) is 4.98 Å². The number of hydrogen-bond acceptors (Lipinski definition) is 5. The summed E-state index contributed by atoms with van der Waals surface area (Å²) in [5.41, 5.74) is 4.37. The molecule has 0 saturated heterocycles. The quantitative estimate of drug-likeness (QED) is 0.798. The van der Waals surface area contributed by atoms with Gasteiger partial charge >= 0.3 is 0 Å². The molecule has 0 aliphatic heterocycles. The van der Waals surface area contributed by atoms with Gasteiger partial charge in [-0.1, -0.05) is 11.2 Å². The zero-order valence-corrected chi connectivity index (χ0v) is 13.7. The minimum atomic E-state index is -0.154.